The van der Waals surface area contributed by atoms with Crippen LogP contribution in [-0.2, 0) is 0 Å². The van der Waals surface area contributed by atoms with Gasteiger partial charge in [0, 0.05) is 33.3 Å². The number of anilines is 3. The summed E-state index contributed by atoms with van der Waals surface area (Å²) in [6.45, 7) is 0. The summed E-state index contributed by atoms with van der Waals surface area (Å²) in [7, 11) is 0. The molecule has 9 aromatic rings. The van der Waals surface area contributed by atoms with E-state index < -0.39 is 0 Å². The predicted molar refractivity (Wildman–Crippen MR) is 186 cm³/mol. The highest BCUT2D eigenvalue weighted by Gasteiger charge is 2.20. The summed E-state index contributed by atoms with van der Waals surface area (Å²) in [5.74, 6) is 0. The standard InChI is InChI=1S/C42H27NO/c1-2-14-32(15-3-1)43(33-23-24-35-31(25-33)22-21-28-11-6-7-16-34(28)35)40-20-9-8-17-36(40)37-18-10-19-38-39-26-29-12-4-5-13-30(29)27-41(39)44-42(37)38/h1-27H. The Labute approximate surface area is 255 Å². The molecule has 1 heterocycles. The summed E-state index contributed by atoms with van der Waals surface area (Å²) >= 11 is 0. The van der Waals surface area contributed by atoms with E-state index in [0.717, 1.165) is 50.1 Å². The molecule has 0 aliphatic heterocycles. The van der Waals surface area contributed by atoms with E-state index in [-0.39, 0.29) is 0 Å². The maximum absolute atomic E-state index is 6.67. The third-order valence-corrected chi connectivity index (χ3v) is 8.80. The number of benzene rings is 8. The molecule has 2 heteroatoms. The average Bonchev–Trinajstić information content (AvgIpc) is 3.45. The van der Waals surface area contributed by atoms with Gasteiger partial charge >= 0.3 is 0 Å². The molecular formula is C42H27NO. The number of para-hydroxylation sites is 3. The van der Waals surface area contributed by atoms with E-state index in [1.807, 2.05) is 0 Å². The van der Waals surface area contributed by atoms with Gasteiger partial charge in [-0.15, -0.1) is 0 Å². The summed E-state index contributed by atoms with van der Waals surface area (Å²) in [5.41, 5.74) is 7.30. The molecule has 0 fully saturated rings. The van der Waals surface area contributed by atoms with Gasteiger partial charge in [-0.2, -0.15) is 0 Å². The van der Waals surface area contributed by atoms with Gasteiger partial charge in [0.1, 0.15) is 11.2 Å². The number of nitrogens with zero attached hydrogens (tertiary/aromatic N) is 1. The van der Waals surface area contributed by atoms with Crippen LogP contribution in [0.1, 0.15) is 0 Å². The molecule has 0 atom stereocenters. The number of fused-ring (bicyclic) bond motifs is 7. The Bertz CT molecular complexity index is 2510. The van der Waals surface area contributed by atoms with Crippen LogP contribution in [0.3, 0.4) is 0 Å². The van der Waals surface area contributed by atoms with Gasteiger partial charge in [-0.25, -0.2) is 0 Å². The zero-order chi connectivity index (χ0) is 29.0. The van der Waals surface area contributed by atoms with E-state index in [1.165, 1.54) is 32.3 Å². The summed E-state index contributed by atoms with van der Waals surface area (Å²) < 4.78 is 6.67. The Morgan fingerprint density at radius 3 is 1.91 bits per heavy atom. The van der Waals surface area contributed by atoms with Crippen LogP contribution in [0, 0.1) is 0 Å². The Morgan fingerprint density at radius 2 is 1.02 bits per heavy atom. The predicted octanol–water partition coefficient (Wildman–Crippen LogP) is 12.2. The van der Waals surface area contributed by atoms with Crippen molar-refractivity contribution in [2.24, 2.45) is 0 Å². The molecule has 0 aliphatic carbocycles. The van der Waals surface area contributed by atoms with Gasteiger partial charge < -0.3 is 9.32 Å². The fourth-order valence-electron chi connectivity index (χ4n) is 6.74. The van der Waals surface area contributed by atoms with E-state index in [4.69, 9.17) is 4.42 Å². The van der Waals surface area contributed by atoms with Crippen LogP contribution in [0.2, 0.25) is 0 Å². The van der Waals surface area contributed by atoms with E-state index in [0.29, 0.717) is 0 Å². The average molecular weight is 562 g/mol. The van der Waals surface area contributed by atoms with Crippen LogP contribution >= 0.6 is 0 Å². The van der Waals surface area contributed by atoms with Crippen molar-refractivity contribution in [3.8, 4) is 11.1 Å². The second kappa shape index (κ2) is 9.86. The zero-order valence-electron chi connectivity index (χ0n) is 23.9. The van der Waals surface area contributed by atoms with Crippen molar-refractivity contribution < 1.29 is 4.42 Å². The van der Waals surface area contributed by atoms with Gasteiger partial charge in [-0.3, -0.25) is 0 Å². The lowest BCUT2D eigenvalue weighted by Crippen LogP contribution is -2.11. The topological polar surface area (TPSA) is 16.4 Å². The zero-order valence-corrected chi connectivity index (χ0v) is 23.9. The van der Waals surface area contributed by atoms with Crippen molar-refractivity contribution in [1.29, 1.82) is 0 Å². The number of hydrogen-bond donors (Lipinski definition) is 0. The fourth-order valence-corrected chi connectivity index (χ4v) is 6.74. The molecule has 0 radical (unpaired) electrons. The van der Waals surface area contributed by atoms with Gasteiger partial charge in [-0.1, -0.05) is 121 Å². The first-order valence-corrected chi connectivity index (χ1v) is 15.0. The van der Waals surface area contributed by atoms with Crippen molar-refractivity contribution in [2.45, 2.75) is 0 Å². The van der Waals surface area contributed by atoms with Crippen LogP contribution in [0.4, 0.5) is 17.1 Å². The molecule has 1 aromatic heterocycles. The van der Waals surface area contributed by atoms with Crippen molar-refractivity contribution in [3.05, 3.63) is 164 Å². The van der Waals surface area contributed by atoms with Crippen molar-refractivity contribution in [1.82, 2.24) is 0 Å². The molecule has 9 rings (SSSR count). The lowest BCUT2D eigenvalue weighted by Gasteiger charge is -2.28. The van der Waals surface area contributed by atoms with Gasteiger partial charge in [0.25, 0.3) is 0 Å². The van der Waals surface area contributed by atoms with Gasteiger partial charge in [0.2, 0.25) is 0 Å². The van der Waals surface area contributed by atoms with Crippen LogP contribution in [0.15, 0.2) is 168 Å². The molecule has 0 N–H and O–H groups in total. The molecule has 0 saturated heterocycles. The maximum Gasteiger partial charge on any atom is 0.143 e. The third kappa shape index (κ3) is 3.89. The summed E-state index contributed by atoms with van der Waals surface area (Å²) in [5, 5.41) is 9.66. The number of hydrogen-bond acceptors (Lipinski definition) is 2. The quantitative estimate of drug-likeness (QED) is 0.199. The minimum atomic E-state index is 0.906. The second-order valence-corrected chi connectivity index (χ2v) is 11.4. The Balaban J connectivity index is 1.28. The smallest absolute Gasteiger partial charge is 0.143 e. The fraction of sp³-hybridized carbons (Fsp3) is 0. The van der Waals surface area contributed by atoms with E-state index in [2.05, 4.69) is 169 Å². The molecule has 8 aromatic carbocycles. The summed E-state index contributed by atoms with van der Waals surface area (Å²) in [6.07, 6.45) is 0. The molecule has 0 spiro atoms. The monoisotopic (exact) mass is 561 g/mol. The molecule has 44 heavy (non-hydrogen) atoms. The molecule has 0 aliphatic rings. The van der Waals surface area contributed by atoms with Crippen molar-refractivity contribution >= 4 is 71.3 Å². The minimum absolute atomic E-state index is 0.906. The van der Waals surface area contributed by atoms with E-state index in [9.17, 15) is 0 Å². The Morgan fingerprint density at radius 1 is 0.364 bits per heavy atom. The van der Waals surface area contributed by atoms with Gasteiger partial charge in [0.15, 0.2) is 0 Å². The van der Waals surface area contributed by atoms with Crippen LogP contribution in [0.25, 0.3) is 65.4 Å². The number of furan rings is 1. The van der Waals surface area contributed by atoms with E-state index in [1.54, 1.807) is 0 Å². The number of rotatable bonds is 4. The maximum atomic E-state index is 6.67. The second-order valence-electron chi connectivity index (χ2n) is 11.4. The van der Waals surface area contributed by atoms with Crippen LogP contribution in [0.5, 0.6) is 0 Å². The Kier molecular flexibility index (Phi) is 5.54. The highest BCUT2D eigenvalue weighted by Crippen LogP contribution is 2.45. The lowest BCUT2D eigenvalue weighted by molar-refractivity contribution is 0.670. The van der Waals surface area contributed by atoms with Crippen molar-refractivity contribution in [3.63, 3.8) is 0 Å². The molecule has 0 saturated carbocycles. The SMILES string of the molecule is c1ccc(N(c2ccc3c(ccc4ccccc43)c2)c2ccccc2-c2cccc3c2oc2cc4ccccc4cc23)cc1. The molecule has 0 amide bonds. The molecule has 206 valence electrons. The summed E-state index contributed by atoms with van der Waals surface area (Å²) in [4.78, 5) is 2.36. The summed E-state index contributed by atoms with van der Waals surface area (Å²) in [6, 6.07) is 58.5. The van der Waals surface area contributed by atoms with Crippen LogP contribution in [-0.4, -0.2) is 0 Å². The first kappa shape index (κ1) is 24.7. The van der Waals surface area contributed by atoms with Crippen molar-refractivity contribution in [2.75, 3.05) is 4.90 Å². The largest absolute Gasteiger partial charge is 0.455 e. The van der Waals surface area contributed by atoms with E-state index >= 15 is 0 Å². The molecule has 0 unspecified atom stereocenters. The first-order valence-electron chi connectivity index (χ1n) is 15.0. The Hall–Kier alpha value is -5.86. The van der Waals surface area contributed by atoms with Gasteiger partial charge in [0.05, 0.1) is 5.69 Å². The highest BCUT2D eigenvalue weighted by atomic mass is 16.3. The minimum Gasteiger partial charge on any atom is -0.455 e. The highest BCUT2D eigenvalue weighted by molar-refractivity contribution is 6.14. The molecule has 2 nitrogen and oxygen atoms in total. The third-order valence-electron chi connectivity index (χ3n) is 8.80. The van der Waals surface area contributed by atoms with Gasteiger partial charge in [-0.05, 0) is 74.8 Å². The van der Waals surface area contributed by atoms with Crippen LogP contribution < -0.4 is 4.90 Å². The normalized spacial score (nSPS) is 11.6. The lowest BCUT2D eigenvalue weighted by atomic mass is 9.98. The molecular weight excluding hydrogens is 534 g/mol. The first-order chi connectivity index (χ1) is 21.8. The molecule has 0 bridgehead atoms.